The lowest BCUT2D eigenvalue weighted by Gasteiger charge is -2.23. The van der Waals surface area contributed by atoms with Gasteiger partial charge in [-0.25, -0.2) is 0 Å². The van der Waals surface area contributed by atoms with Gasteiger partial charge >= 0.3 is 0 Å². The van der Waals surface area contributed by atoms with Gasteiger partial charge in [-0.2, -0.15) is 5.10 Å². The summed E-state index contributed by atoms with van der Waals surface area (Å²) in [5.41, 5.74) is 2.70. The van der Waals surface area contributed by atoms with Crippen LogP contribution in [0.25, 0.3) is 11.3 Å². The van der Waals surface area contributed by atoms with Crippen molar-refractivity contribution in [2.24, 2.45) is 5.92 Å². The molecule has 26 heavy (non-hydrogen) atoms. The molecule has 3 heterocycles. The molecule has 1 saturated heterocycles. The summed E-state index contributed by atoms with van der Waals surface area (Å²) < 4.78 is 0. The van der Waals surface area contributed by atoms with E-state index in [1.807, 2.05) is 24.0 Å². The molecule has 4 rings (SSSR count). The van der Waals surface area contributed by atoms with Gasteiger partial charge in [0.05, 0.1) is 11.6 Å². The zero-order valence-corrected chi connectivity index (χ0v) is 14.9. The van der Waals surface area contributed by atoms with Gasteiger partial charge in [-0.3, -0.25) is 19.7 Å². The fourth-order valence-corrected chi connectivity index (χ4v) is 4.01. The molecular weight excluding hydrogens is 330 g/mol. The molecule has 136 valence electrons. The Balaban J connectivity index is 1.44. The highest BCUT2D eigenvalue weighted by molar-refractivity contribution is 5.97. The third-order valence-electron chi connectivity index (χ3n) is 5.52. The van der Waals surface area contributed by atoms with E-state index in [0.29, 0.717) is 24.8 Å². The van der Waals surface area contributed by atoms with Crippen LogP contribution in [0.1, 0.15) is 37.7 Å². The van der Waals surface area contributed by atoms with Gasteiger partial charge in [-0.15, -0.1) is 0 Å². The van der Waals surface area contributed by atoms with Gasteiger partial charge in [0.1, 0.15) is 0 Å². The van der Waals surface area contributed by atoms with Crippen molar-refractivity contribution in [1.29, 1.82) is 0 Å². The second-order valence-electron chi connectivity index (χ2n) is 7.18. The molecule has 1 aliphatic heterocycles. The SMILES string of the molecule is Cc1c(NC(=O)C2CC(=O)N(C3CCCC3)C2)n[nH]c1-c1ccncc1. The number of nitrogens with one attached hydrogen (secondary N) is 2. The maximum absolute atomic E-state index is 12.7. The van der Waals surface area contributed by atoms with Gasteiger partial charge in [0.2, 0.25) is 11.8 Å². The van der Waals surface area contributed by atoms with E-state index in [2.05, 4.69) is 20.5 Å². The minimum atomic E-state index is -0.302. The molecule has 2 fully saturated rings. The summed E-state index contributed by atoms with van der Waals surface area (Å²) in [7, 11) is 0. The average Bonchev–Trinajstić information content (AvgIpc) is 3.37. The molecule has 1 saturated carbocycles. The summed E-state index contributed by atoms with van der Waals surface area (Å²) in [6, 6.07) is 4.10. The summed E-state index contributed by atoms with van der Waals surface area (Å²) in [5, 5.41) is 10.1. The van der Waals surface area contributed by atoms with Gasteiger partial charge in [-0.1, -0.05) is 12.8 Å². The van der Waals surface area contributed by atoms with E-state index in [1.165, 1.54) is 12.8 Å². The number of aromatic nitrogens is 3. The first-order valence-corrected chi connectivity index (χ1v) is 9.19. The van der Waals surface area contributed by atoms with E-state index in [1.54, 1.807) is 12.4 Å². The molecule has 2 N–H and O–H groups in total. The van der Waals surface area contributed by atoms with Crippen molar-refractivity contribution in [3.63, 3.8) is 0 Å². The molecule has 1 atom stereocenters. The smallest absolute Gasteiger partial charge is 0.231 e. The minimum absolute atomic E-state index is 0.105. The number of carbonyl (C=O) groups is 2. The lowest BCUT2D eigenvalue weighted by atomic mass is 10.1. The van der Waals surface area contributed by atoms with Crippen LogP contribution in [0.2, 0.25) is 0 Å². The Morgan fingerprint density at radius 1 is 1.27 bits per heavy atom. The number of carbonyl (C=O) groups excluding carboxylic acids is 2. The van der Waals surface area contributed by atoms with Crippen LogP contribution in [0.5, 0.6) is 0 Å². The second kappa shape index (κ2) is 6.90. The minimum Gasteiger partial charge on any atom is -0.339 e. The third-order valence-corrected chi connectivity index (χ3v) is 5.52. The number of pyridine rings is 1. The Hall–Kier alpha value is -2.70. The summed E-state index contributed by atoms with van der Waals surface area (Å²) in [5.74, 6) is 0.195. The number of aromatic amines is 1. The highest BCUT2D eigenvalue weighted by atomic mass is 16.2. The highest BCUT2D eigenvalue weighted by Crippen LogP contribution is 2.31. The zero-order chi connectivity index (χ0) is 18.1. The molecule has 0 aromatic carbocycles. The summed E-state index contributed by atoms with van der Waals surface area (Å²) >= 11 is 0. The van der Waals surface area contributed by atoms with Crippen molar-refractivity contribution < 1.29 is 9.59 Å². The molecule has 7 nitrogen and oxygen atoms in total. The normalized spacial score (nSPS) is 20.7. The molecule has 1 aliphatic carbocycles. The predicted octanol–water partition coefficient (Wildman–Crippen LogP) is 2.51. The Bertz CT molecular complexity index is 811. The monoisotopic (exact) mass is 353 g/mol. The van der Waals surface area contributed by atoms with E-state index in [-0.39, 0.29) is 17.7 Å². The first-order chi connectivity index (χ1) is 12.6. The second-order valence-corrected chi connectivity index (χ2v) is 7.18. The summed E-state index contributed by atoms with van der Waals surface area (Å²) in [4.78, 5) is 30.9. The van der Waals surface area contributed by atoms with Crippen LogP contribution in [0.4, 0.5) is 5.82 Å². The lowest BCUT2D eigenvalue weighted by molar-refractivity contribution is -0.129. The number of nitrogens with zero attached hydrogens (tertiary/aromatic N) is 3. The number of H-pyrrole nitrogens is 1. The van der Waals surface area contributed by atoms with E-state index < -0.39 is 0 Å². The van der Waals surface area contributed by atoms with E-state index in [4.69, 9.17) is 0 Å². The lowest BCUT2D eigenvalue weighted by Crippen LogP contribution is -2.35. The molecule has 2 aromatic heterocycles. The van der Waals surface area contributed by atoms with Crippen LogP contribution in [0.3, 0.4) is 0 Å². The fourth-order valence-electron chi connectivity index (χ4n) is 4.01. The van der Waals surface area contributed by atoms with Gasteiger partial charge < -0.3 is 10.2 Å². The molecule has 2 amide bonds. The topological polar surface area (TPSA) is 91.0 Å². The first kappa shape index (κ1) is 16.8. The van der Waals surface area contributed by atoms with Crippen LogP contribution in [-0.4, -0.2) is 44.5 Å². The van der Waals surface area contributed by atoms with Crippen molar-refractivity contribution >= 4 is 17.6 Å². The number of likely N-dealkylation sites (tertiary alicyclic amines) is 1. The fraction of sp³-hybridized carbons (Fsp3) is 0.474. The van der Waals surface area contributed by atoms with E-state index in [9.17, 15) is 9.59 Å². The van der Waals surface area contributed by atoms with E-state index in [0.717, 1.165) is 29.7 Å². The molecule has 2 aliphatic rings. The van der Waals surface area contributed by atoms with Gasteiger partial charge in [0, 0.05) is 42.5 Å². The maximum atomic E-state index is 12.7. The zero-order valence-electron chi connectivity index (χ0n) is 14.9. The standard InChI is InChI=1S/C19H23N5O2/c1-12-17(13-6-8-20-9-7-13)22-23-18(12)21-19(26)14-10-16(25)24(11-14)15-4-2-3-5-15/h6-9,14-15H,2-5,10-11H2,1H3,(H2,21,22,23,26). The summed E-state index contributed by atoms with van der Waals surface area (Å²) in [6.07, 6.45) is 8.21. The molecule has 0 bridgehead atoms. The average molecular weight is 353 g/mol. The van der Waals surface area contributed by atoms with Crippen molar-refractivity contribution in [3.05, 3.63) is 30.1 Å². The molecule has 7 heteroatoms. The number of amides is 2. The maximum Gasteiger partial charge on any atom is 0.231 e. The Morgan fingerprint density at radius 3 is 2.73 bits per heavy atom. The van der Waals surface area contributed by atoms with Crippen molar-refractivity contribution in [3.8, 4) is 11.3 Å². The van der Waals surface area contributed by atoms with Crippen LogP contribution >= 0.6 is 0 Å². The van der Waals surface area contributed by atoms with Crippen molar-refractivity contribution in [2.75, 3.05) is 11.9 Å². The number of hydrogen-bond acceptors (Lipinski definition) is 4. The third kappa shape index (κ3) is 3.09. The van der Waals surface area contributed by atoms with Crippen molar-refractivity contribution in [2.45, 2.75) is 45.1 Å². The summed E-state index contributed by atoms with van der Waals surface area (Å²) in [6.45, 7) is 2.44. The molecule has 1 unspecified atom stereocenters. The van der Waals surface area contributed by atoms with Crippen molar-refractivity contribution in [1.82, 2.24) is 20.1 Å². The molecular formula is C19H23N5O2. The van der Waals surface area contributed by atoms with Gasteiger partial charge in [0.25, 0.3) is 0 Å². The first-order valence-electron chi connectivity index (χ1n) is 9.19. The molecule has 0 radical (unpaired) electrons. The van der Waals surface area contributed by atoms with Crippen LogP contribution in [-0.2, 0) is 9.59 Å². The van der Waals surface area contributed by atoms with Crippen LogP contribution < -0.4 is 5.32 Å². The molecule has 0 spiro atoms. The van der Waals surface area contributed by atoms with Crippen LogP contribution in [0.15, 0.2) is 24.5 Å². The van der Waals surface area contributed by atoms with Gasteiger partial charge in [0.15, 0.2) is 5.82 Å². The Kier molecular flexibility index (Phi) is 4.44. The Morgan fingerprint density at radius 2 is 2.00 bits per heavy atom. The number of anilines is 1. The van der Waals surface area contributed by atoms with Gasteiger partial charge in [-0.05, 0) is 31.9 Å². The highest BCUT2D eigenvalue weighted by Gasteiger charge is 2.38. The number of hydrogen-bond donors (Lipinski definition) is 2. The predicted molar refractivity (Wildman–Crippen MR) is 97.3 cm³/mol. The van der Waals surface area contributed by atoms with E-state index >= 15 is 0 Å². The molecule has 2 aromatic rings. The Labute approximate surface area is 152 Å². The number of rotatable bonds is 4. The largest absolute Gasteiger partial charge is 0.339 e. The quantitative estimate of drug-likeness (QED) is 0.883. The van der Waals surface area contributed by atoms with Crippen LogP contribution in [0, 0.1) is 12.8 Å².